The minimum atomic E-state index is 0.523. The van der Waals surface area contributed by atoms with Crippen LogP contribution in [0.2, 0.25) is 0 Å². The molecule has 17 heavy (non-hydrogen) atoms. The van der Waals surface area contributed by atoms with Gasteiger partial charge in [0.05, 0.1) is 6.20 Å². The molecule has 96 valence electrons. The Kier molecular flexibility index (Phi) is 3.84. The van der Waals surface area contributed by atoms with Crippen molar-refractivity contribution in [3.05, 3.63) is 18.0 Å². The van der Waals surface area contributed by atoms with E-state index in [1.807, 2.05) is 17.9 Å². The van der Waals surface area contributed by atoms with Gasteiger partial charge in [-0.3, -0.25) is 9.58 Å². The van der Waals surface area contributed by atoms with Gasteiger partial charge in [-0.25, -0.2) is 0 Å². The van der Waals surface area contributed by atoms with Crippen molar-refractivity contribution in [2.45, 2.75) is 32.4 Å². The van der Waals surface area contributed by atoms with Crippen LogP contribution in [0.25, 0.3) is 0 Å². The lowest BCUT2D eigenvalue weighted by Crippen LogP contribution is -2.32. The molecule has 1 N–H and O–H groups in total. The van der Waals surface area contributed by atoms with E-state index in [2.05, 4.69) is 42.4 Å². The highest BCUT2D eigenvalue weighted by Gasteiger charge is 2.33. The summed E-state index contributed by atoms with van der Waals surface area (Å²) in [5, 5.41) is 7.86. The first-order chi connectivity index (χ1) is 8.08. The van der Waals surface area contributed by atoms with Crippen LogP contribution < -0.4 is 5.32 Å². The van der Waals surface area contributed by atoms with Crippen LogP contribution in [0, 0.1) is 5.92 Å². The molecule has 1 aliphatic rings. The van der Waals surface area contributed by atoms with Gasteiger partial charge in [-0.1, -0.05) is 13.8 Å². The highest BCUT2D eigenvalue weighted by molar-refractivity contribution is 5.14. The first kappa shape index (κ1) is 12.6. The fourth-order valence-corrected chi connectivity index (χ4v) is 2.75. The molecule has 1 saturated heterocycles. The molecule has 0 radical (unpaired) electrons. The molecule has 1 fully saturated rings. The van der Waals surface area contributed by atoms with Gasteiger partial charge in [-0.05, 0) is 25.9 Å². The second kappa shape index (κ2) is 5.19. The molecule has 2 unspecified atom stereocenters. The molecule has 0 aliphatic carbocycles. The van der Waals surface area contributed by atoms with E-state index in [-0.39, 0.29) is 0 Å². The summed E-state index contributed by atoms with van der Waals surface area (Å²) in [6.07, 6.45) is 5.43. The Labute approximate surface area is 104 Å². The molecule has 2 rings (SSSR count). The van der Waals surface area contributed by atoms with Crippen LogP contribution in [0.5, 0.6) is 0 Å². The second-order valence-corrected chi connectivity index (χ2v) is 5.48. The van der Waals surface area contributed by atoms with E-state index >= 15 is 0 Å². The van der Waals surface area contributed by atoms with Gasteiger partial charge in [-0.15, -0.1) is 0 Å². The van der Waals surface area contributed by atoms with Gasteiger partial charge in [0, 0.05) is 37.4 Å². The Morgan fingerprint density at radius 3 is 2.82 bits per heavy atom. The van der Waals surface area contributed by atoms with Crippen molar-refractivity contribution in [1.82, 2.24) is 20.0 Å². The molecular formula is C13H24N4. The lowest BCUT2D eigenvalue weighted by molar-refractivity contribution is 0.269. The SMILES string of the molecule is CC(C)NCC1CCN(C)C1c1cnn(C)c1. The minimum absolute atomic E-state index is 0.523. The summed E-state index contributed by atoms with van der Waals surface area (Å²) in [4.78, 5) is 2.45. The number of rotatable bonds is 4. The lowest BCUT2D eigenvalue weighted by Gasteiger charge is -2.25. The predicted octanol–water partition coefficient (Wildman–Crippen LogP) is 1.41. The van der Waals surface area contributed by atoms with Crippen molar-refractivity contribution in [3.63, 3.8) is 0 Å². The second-order valence-electron chi connectivity index (χ2n) is 5.48. The Morgan fingerprint density at radius 2 is 2.24 bits per heavy atom. The third-order valence-electron chi connectivity index (χ3n) is 3.63. The average molecular weight is 236 g/mol. The van der Waals surface area contributed by atoms with Crippen LogP contribution >= 0.6 is 0 Å². The van der Waals surface area contributed by atoms with Crippen LogP contribution in [0.15, 0.2) is 12.4 Å². The predicted molar refractivity (Wildman–Crippen MR) is 69.8 cm³/mol. The van der Waals surface area contributed by atoms with Crippen molar-refractivity contribution in [3.8, 4) is 0 Å². The summed E-state index contributed by atoms with van der Waals surface area (Å²) < 4.78 is 1.90. The molecule has 1 aromatic rings. The first-order valence-electron chi connectivity index (χ1n) is 6.50. The van der Waals surface area contributed by atoms with Gasteiger partial charge in [-0.2, -0.15) is 5.10 Å². The van der Waals surface area contributed by atoms with Crippen LogP contribution in [-0.2, 0) is 7.05 Å². The third kappa shape index (κ3) is 2.87. The highest BCUT2D eigenvalue weighted by Crippen LogP contribution is 2.35. The average Bonchev–Trinajstić information content (AvgIpc) is 2.82. The van der Waals surface area contributed by atoms with E-state index in [1.165, 1.54) is 18.5 Å². The Bertz CT molecular complexity index is 358. The molecule has 0 spiro atoms. The zero-order chi connectivity index (χ0) is 12.4. The first-order valence-corrected chi connectivity index (χ1v) is 6.50. The topological polar surface area (TPSA) is 33.1 Å². The van der Waals surface area contributed by atoms with Gasteiger partial charge >= 0.3 is 0 Å². The minimum Gasteiger partial charge on any atom is -0.314 e. The third-order valence-corrected chi connectivity index (χ3v) is 3.63. The summed E-state index contributed by atoms with van der Waals surface area (Å²) in [6.45, 7) is 6.70. The molecule has 4 heteroatoms. The molecule has 2 atom stereocenters. The molecule has 0 bridgehead atoms. The number of likely N-dealkylation sites (tertiary alicyclic amines) is 1. The number of hydrogen-bond donors (Lipinski definition) is 1. The van der Waals surface area contributed by atoms with E-state index in [0.717, 1.165) is 6.54 Å². The molecule has 1 aliphatic heterocycles. The van der Waals surface area contributed by atoms with Crippen LogP contribution in [0.4, 0.5) is 0 Å². The van der Waals surface area contributed by atoms with Crippen LogP contribution in [0.1, 0.15) is 31.9 Å². The molecule has 1 aromatic heterocycles. The van der Waals surface area contributed by atoms with Crippen molar-refractivity contribution in [2.24, 2.45) is 13.0 Å². The van der Waals surface area contributed by atoms with Crippen molar-refractivity contribution in [1.29, 1.82) is 0 Å². The summed E-state index contributed by atoms with van der Waals surface area (Å²) in [5.41, 5.74) is 1.35. The maximum absolute atomic E-state index is 4.29. The van der Waals surface area contributed by atoms with Gasteiger partial charge in [0.15, 0.2) is 0 Å². The van der Waals surface area contributed by atoms with Gasteiger partial charge < -0.3 is 5.32 Å². The Balaban J connectivity index is 2.06. The van der Waals surface area contributed by atoms with E-state index in [0.29, 0.717) is 18.0 Å². The Morgan fingerprint density at radius 1 is 1.47 bits per heavy atom. The van der Waals surface area contributed by atoms with E-state index < -0.39 is 0 Å². The van der Waals surface area contributed by atoms with E-state index in [1.54, 1.807) is 0 Å². The largest absolute Gasteiger partial charge is 0.314 e. The van der Waals surface area contributed by atoms with Crippen molar-refractivity contribution < 1.29 is 0 Å². The van der Waals surface area contributed by atoms with Gasteiger partial charge in [0.25, 0.3) is 0 Å². The van der Waals surface area contributed by atoms with Crippen LogP contribution in [0.3, 0.4) is 0 Å². The smallest absolute Gasteiger partial charge is 0.0537 e. The van der Waals surface area contributed by atoms with Gasteiger partial charge in [0.2, 0.25) is 0 Å². The fraction of sp³-hybridized carbons (Fsp3) is 0.769. The molecule has 0 aromatic carbocycles. The van der Waals surface area contributed by atoms with E-state index in [4.69, 9.17) is 0 Å². The van der Waals surface area contributed by atoms with Crippen LogP contribution in [-0.4, -0.2) is 40.9 Å². The fourth-order valence-electron chi connectivity index (χ4n) is 2.75. The number of nitrogens with zero attached hydrogens (tertiary/aromatic N) is 3. The summed E-state index contributed by atoms with van der Waals surface area (Å²) in [7, 11) is 4.20. The van der Waals surface area contributed by atoms with Crippen molar-refractivity contribution >= 4 is 0 Å². The number of nitrogens with one attached hydrogen (secondary N) is 1. The zero-order valence-corrected chi connectivity index (χ0v) is 11.3. The van der Waals surface area contributed by atoms with Gasteiger partial charge in [0.1, 0.15) is 0 Å². The van der Waals surface area contributed by atoms with Crippen molar-refractivity contribution in [2.75, 3.05) is 20.1 Å². The number of hydrogen-bond acceptors (Lipinski definition) is 3. The maximum Gasteiger partial charge on any atom is 0.0537 e. The molecular weight excluding hydrogens is 212 g/mol. The molecule has 2 heterocycles. The summed E-state index contributed by atoms with van der Waals surface area (Å²) in [6, 6.07) is 1.09. The van der Waals surface area contributed by atoms with E-state index in [9.17, 15) is 0 Å². The summed E-state index contributed by atoms with van der Waals surface area (Å²) >= 11 is 0. The number of aromatic nitrogens is 2. The normalized spacial score (nSPS) is 25.9. The zero-order valence-electron chi connectivity index (χ0n) is 11.3. The monoisotopic (exact) mass is 236 g/mol. The maximum atomic E-state index is 4.29. The quantitative estimate of drug-likeness (QED) is 0.858. The standard InChI is InChI=1S/C13H24N4/c1-10(2)14-7-11-5-6-16(3)13(11)12-8-15-17(4)9-12/h8-11,13-14H,5-7H2,1-4H3. The molecule has 0 amide bonds. The summed E-state index contributed by atoms with van der Waals surface area (Å²) in [5.74, 6) is 0.701. The Hall–Kier alpha value is -0.870. The molecule has 4 nitrogen and oxygen atoms in total. The number of aryl methyl sites for hydroxylation is 1. The highest BCUT2D eigenvalue weighted by atomic mass is 15.3. The lowest BCUT2D eigenvalue weighted by atomic mass is 9.95. The molecule has 0 saturated carbocycles.